The van der Waals surface area contributed by atoms with Gasteiger partial charge < -0.3 is 14.5 Å². The van der Waals surface area contributed by atoms with E-state index in [9.17, 15) is 0 Å². The number of nitrogens with zero attached hydrogens (tertiary/aromatic N) is 4. The molecule has 5 nitrogen and oxygen atoms in total. The maximum Gasteiger partial charge on any atom is 0.137 e. The normalized spacial score (nSPS) is 13.9. The van der Waals surface area contributed by atoms with Crippen LogP contribution < -0.4 is 14.5 Å². The maximum atomic E-state index is 9.05. The second-order valence-corrected chi connectivity index (χ2v) is 17.9. The first-order valence-corrected chi connectivity index (χ1v) is 20.9. The lowest BCUT2D eigenvalue weighted by Crippen LogP contribution is -2.25. The predicted octanol–water partition coefficient (Wildman–Crippen LogP) is 15.1. The van der Waals surface area contributed by atoms with E-state index in [0.29, 0.717) is 45.8 Å². The number of ether oxygens (including phenoxy) is 1. The minimum absolute atomic E-state index is 0.00766. The van der Waals surface area contributed by atoms with Crippen molar-refractivity contribution in [1.82, 2.24) is 9.55 Å². The highest BCUT2D eigenvalue weighted by molar-refractivity contribution is 6.09. The Bertz CT molecular complexity index is 3310. The zero-order valence-corrected chi connectivity index (χ0v) is 35.4. The zero-order valence-electron chi connectivity index (χ0n) is 39.4. The summed E-state index contributed by atoms with van der Waals surface area (Å²) in [6.07, 6.45) is 1.76. The third-order valence-electron chi connectivity index (χ3n) is 11.8. The van der Waals surface area contributed by atoms with Crippen molar-refractivity contribution >= 4 is 44.6 Å². The summed E-state index contributed by atoms with van der Waals surface area (Å²) in [5.41, 5.74) is 12.1. The highest BCUT2D eigenvalue weighted by atomic mass is 16.5. The van der Waals surface area contributed by atoms with E-state index in [1.165, 1.54) is 11.1 Å². The fraction of sp³-hybridized carbons (Fsp3) is 0.161. The summed E-state index contributed by atoms with van der Waals surface area (Å²) < 4.78 is 43.7. The van der Waals surface area contributed by atoms with Crippen molar-refractivity contribution < 1.29 is 10.2 Å². The molecule has 10 rings (SSSR count). The average molecular weight is 799 g/mol. The van der Waals surface area contributed by atoms with Crippen LogP contribution >= 0.6 is 0 Å². The van der Waals surface area contributed by atoms with Crippen LogP contribution in [0.3, 0.4) is 0 Å². The van der Waals surface area contributed by atoms with E-state index in [0.717, 1.165) is 45.0 Å². The quantitative estimate of drug-likeness (QED) is 0.161. The highest BCUT2D eigenvalue weighted by Gasteiger charge is 2.32. The van der Waals surface area contributed by atoms with Gasteiger partial charge >= 0.3 is 0 Å². The summed E-state index contributed by atoms with van der Waals surface area (Å²) >= 11 is 0. The third-order valence-corrected chi connectivity index (χ3v) is 11.8. The standard InChI is InChI=1S/C56H50N4O/c1-55(2,3)40-20-14-19-39(33-40)46-25-16-24-45(38-17-8-7-9-18-38)54(46)59-37-58(50-27-12-13-28-51(50)59)42-21-15-22-43(35-42)61-44-29-30-48-47-23-10-11-26-49(47)60(52(48)36-44)53-34-41(31-32-57-53)56(4,5)6/h7-36H,37H2,1-6H3/i10D,11D,23D,26D. The predicted molar refractivity (Wildman–Crippen MR) is 255 cm³/mol. The molecule has 0 atom stereocenters. The molecule has 0 unspecified atom stereocenters. The molecule has 1 aliphatic rings. The van der Waals surface area contributed by atoms with Gasteiger partial charge in [0.25, 0.3) is 0 Å². The Hall–Kier alpha value is -7.11. The van der Waals surface area contributed by atoms with Gasteiger partial charge in [0.1, 0.15) is 24.0 Å². The SMILES string of the molecule is [2H]c1c([2H])c([2H])c2c(c1[2H])c1ccc(Oc3cccc(N4CN(c5c(-c6ccccc6)cccc5-c5cccc(C(C)(C)C)c5)c5ccccc54)c3)cc1n2-c1cc(C(C)(C)C)ccn1. The summed E-state index contributed by atoms with van der Waals surface area (Å²) in [5, 5.41) is 1.13. The minimum atomic E-state index is -0.289. The largest absolute Gasteiger partial charge is 0.457 e. The molecule has 5 heteroatoms. The van der Waals surface area contributed by atoms with Crippen molar-refractivity contribution in [3.8, 4) is 39.6 Å². The van der Waals surface area contributed by atoms with Gasteiger partial charge in [0.2, 0.25) is 0 Å². The van der Waals surface area contributed by atoms with Crippen LogP contribution in [0.5, 0.6) is 11.5 Å². The Labute approximate surface area is 364 Å². The number of para-hydroxylation sites is 4. The van der Waals surface area contributed by atoms with Gasteiger partial charge in [-0.15, -0.1) is 0 Å². The summed E-state index contributed by atoms with van der Waals surface area (Å²) in [4.78, 5) is 9.52. The van der Waals surface area contributed by atoms with Gasteiger partial charge in [-0.05, 0) is 87.7 Å². The van der Waals surface area contributed by atoms with E-state index >= 15 is 0 Å². The van der Waals surface area contributed by atoms with E-state index in [4.69, 9.17) is 15.2 Å². The molecule has 61 heavy (non-hydrogen) atoms. The molecule has 7 aromatic carbocycles. The van der Waals surface area contributed by atoms with Crippen molar-refractivity contribution in [3.63, 3.8) is 0 Å². The molecule has 0 fully saturated rings. The fourth-order valence-corrected chi connectivity index (χ4v) is 8.55. The van der Waals surface area contributed by atoms with Crippen LogP contribution in [0.1, 0.15) is 58.2 Å². The molecular formula is C56H50N4O. The molecule has 0 radical (unpaired) electrons. The molecule has 0 bridgehead atoms. The number of rotatable bonds is 7. The summed E-state index contributed by atoms with van der Waals surface area (Å²) in [6, 6.07) is 51.8. The van der Waals surface area contributed by atoms with Crippen LogP contribution in [0.2, 0.25) is 0 Å². The monoisotopic (exact) mass is 798 g/mol. The number of fused-ring (bicyclic) bond motifs is 4. The second-order valence-electron chi connectivity index (χ2n) is 17.9. The van der Waals surface area contributed by atoms with Gasteiger partial charge in [-0.1, -0.05) is 151 Å². The molecule has 1 aliphatic heterocycles. The lowest BCUT2D eigenvalue weighted by atomic mass is 9.85. The number of hydrogen-bond acceptors (Lipinski definition) is 4. The smallest absolute Gasteiger partial charge is 0.137 e. The van der Waals surface area contributed by atoms with Gasteiger partial charge in [0, 0.05) is 45.9 Å². The molecule has 0 spiro atoms. The first-order valence-electron chi connectivity index (χ1n) is 22.9. The lowest BCUT2D eigenvalue weighted by Gasteiger charge is -2.28. The van der Waals surface area contributed by atoms with Crippen LogP contribution in [0, 0.1) is 0 Å². The molecule has 0 aliphatic carbocycles. The van der Waals surface area contributed by atoms with Crippen LogP contribution in [0.15, 0.2) is 182 Å². The van der Waals surface area contributed by atoms with Gasteiger partial charge in [-0.2, -0.15) is 0 Å². The van der Waals surface area contributed by atoms with E-state index in [2.05, 4.69) is 161 Å². The minimum Gasteiger partial charge on any atom is -0.457 e. The Morgan fingerprint density at radius 1 is 0.541 bits per heavy atom. The number of aromatic nitrogens is 2. The highest BCUT2D eigenvalue weighted by Crippen LogP contribution is 2.50. The molecule has 0 saturated heterocycles. The zero-order chi connectivity index (χ0) is 45.4. The van der Waals surface area contributed by atoms with Crippen molar-refractivity contribution in [2.24, 2.45) is 0 Å². The third kappa shape index (κ3) is 7.00. The fourth-order valence-electron chi connectivity index (χ4n) is 8.55. The first-order chi connectivity index (χ1) is 31.2. The average Bonchev–Trinajstić information content (AvgIpc) is 3.86. The van der Waals surface area contributed by atoms with Crippen LogP contribution in [0.25, 0.3) is 49.9 Å². The van der Waals surface area contributed by atoms with Gasteiger partial charge in [0.05, 0.1) is 33.6 Å². The topological polar surface area (TPSA) is 33.5 Å². The van der Waals surface area contributed by atoms with Gasteiger partial charge in [0.15, 0.2) is 0 Å². The van der Waals surface area contributed by atoms with E-state index in [-0.39, 0.29) is 35.0 Å². The van der Waals surface area contributed by atoms with E-state index in [1.807, 2.05) is 47.0 Å². The molecule has 2 aromatic heterocycles. The lowest BCUT2D eigenvalue weighted by molar-refractivity contribution is 0.483. The summed E-state index contributed by atoms with van der Waals surface area (Å²) in [6.45, 7) is 13.7. The number of hydrogen-bond donors (Lipinski definition) is 0. The Kier molecular flexibility index (Phi) is 8.21. The first kappa shape index (κ1) is 33.7. The Morgan fingerprint density at radius 3 is 1.98 bits per heavy atom. The molecule has 0 amide bonds. The summed E-state index contributed by atoms with van der Waals surface area (Å²) in [7, 11) is 0. The van der Waals surface area contributed by atoms with Crippen molar-refractivity contribution in [1.29, 1.82) is 0 Å². The van der Waals surface area contributed by atoms with Gasteiger partial charge in [-0.3, -0.25) is 4.57 Å². The van der Waals surface area contributed by atoms with Crippen molar-refractivity contribution in [2.45, 2.75) is 52.4 Å². The van der Waals surface area contributed by atoms with E-state index < -0.39 is 0 Å². The second kappa shape index (κ2) is 14.9. The molecule has 0 saturated carbocycles. The molecule has 3 heterocycles. The molecule has 9 aromatic rings. The van der Waals surface area contributed by atoms with E-state index in [1.54, 1.807) is 6.20 Å². The van der Waals surface area contributed by atoms with Crippen molar-refractivity contribution in [2.75, 3.05) is 16.5 Å². The number of anilines is 4. The molecular weight excluding hydrogens is 745 g/mol. The van der Waals surface area contributed by atoms with Crippen LogP contribution in [0.4, 0.5) is 22.7 Å². The number of benzene rings is 7. The summed E-state index contributed by atoms with van der Waals surface area (Å²) in [5.74, 6) is 1.77. The number of pyridine rings is 1. The van der Waals surface area contributed by atoms with Crippen LogP contribution in [-0.4, -0.2) is 16.2 Å². The molecule has 300 valence electrons. The van der Waals surface area contributed by atoms with Crippen molar-refractivity contribution in [3.05, 3.63) is 193 Å². The molecule has 0 N–H and O–H groups in total. The Morgan fingerprint density at radius 2 is 1.20 bits per heavy atom. The van der Waals surface area contributed by atoms with Gasteiger partial charge in [-0.25, -0.2) is 4.98 Å². The Balaban J connectivity index is 1.06. The van der Waals surface area contributed by atoms with Crippen LogP contribution in [-0.2, 0) is 10.8 Å². The maximum absolute atomic E-state index is 9.05.